The molecule has 1 heterocycles. The second-order valence-corrected chi connectivity index (χ2v) is 3.35. The summed E-state index contributed by atoms with van der Waals surface area (Å²) < 4.78 is 12.5. The highest BCUT2D eigenvalue weighted by Crippen LogP contribution is 2.09. The molecule has 0 amide bonds. The van der Waals surface area contributed by atoms with Crippen LogP contribution >= 0.6 is 0 Å². The van der Waals surface area contributed by atoms with E-state index in [1.165, 1.54) is 12.3 Å². The maximum absolute atomic E-state index is 12.5. The number of aliphatic carboxylic acids is 1. The molecule has 1 rings (SSSR count). The largest absolute Gasteiger partial charge is 0.481 e. The first-order chi connectivity index (χ1) is 7.08. The van der Waals surface area contributed by atoms with Gasteiger partial charge in [0.15, 0.2) is 0 Å². The van der Waals surface area contributed by atoms with Crippen molar-refractivity contribution in [3.05, 3.63) is 24.3 Å². The number of hydrogen-bond acceptors (Lipinski definition) is 3. The van der Waals surface area contributed by atoms with Gasteiger partial charge in [-0.3, -0.25) is 4.79 Å². The third-order valence-corrected chi connectivity index (χ3v) is 1.93. The van der Waals surface area contributed by atoms with Crippen molar-refractivity contribution < 1.29 is 14.3 Å². The SMILES string of the molecule is CC(CCC(=O)O)Nc1ccc(F)nc1. The summed E-state index contributed by atoms with van der Waals surface area (Å²) in [4.78, 5) is 13.8. The van der Waals surface area contributed by atoms with Crippen LogP contribution in [0, 0.1) is 5.95 Å². The highest BCUT2D eigenvalue weighted by molar-refractivity contribution is 5.66. The fourth-order valence-electron chi connectivity index (χ4n) is 1.16. The number of nitrogens with zero attached hydrogens (tertiary/aromatic N) is 1. The zero-order valence-electron chi connectivity index (χ0n) is 8.40. The lowest BCUT2D eigenvalue weighted by Crippen LogP contribution is -2.16. The van der Waals surface area contributed by atoms with Gasteiger partial charge in [0.2, 0.25) is 5.95 Å². The van der Waals surface area contributed by atoms with Crippen molar-refractivity contribution >= 4 is 11.7 Å². The van der Waals surface area contributed by atoms with Crippen LogP contribution in [0.2, 0.25) is 0 Å². The summed E-state index contributed by atoms with van der Waals surface area (Å²) in [5.41, 5.74) is 0.689. The number of rotatable bonds is 5. The average Bonchev–Trinajstić information content (AvgIpc) is 2.19. The second kappa shape index (κ2) is 5.29. The first kappa shape index (κ1) is 11.4. The number of carboxylic acid groups (broad SMARTS) is 1. The van der Waals surface area contributed by atoms with Crippen molar-refractivity contribution in [3.8, 4) is 0 Å². The molecule has 0 saturated heterocycles. The highest BCUT2D eigenvalue weighted by Gasteiger charge is 2.05. The Morgan fingerprint density at radius 3 is 2.93 bits per heavy atom. The lowest BCUT2D eigenvalue weighted by Gasteiger charge is -2.13. The third-order valence-electron chi connectivity index (χ3n) is 1.93. The lowest BCUT2D eigenvalue weighted by atomic mass is 10.2. The Balaban J connectivity index is 2.40. The zero-order chi connectivity index (χ0) is 11.3. The fraction of sp³-hybridized carbons (Fsp3) is 0.400. The van der Waals surface area contributed by atoms with Crippen LogP contribution in [0.4, 0.5) is 10.1 Å². The molecule has 0 saturated carbocycles. The molecule has 0 aliphatic heterocycles. The topological polar surface area (TPSA) is 62.2 Å². The number of anilines is 1. The molecule has 0 spiro atoms. The predicted octanol–water partition coefficient (Wildman–Crippen LogP) is 1.89. The van der Waals surface area contributed by atoms with Crippen LogP contribution < -0.4 is 5.32 Å². The van der Waals surface area contributed by atoms with E-state index in [0.717, 1.165) is 0 Å². The smallest absolute Gasteiger partial charge is 0.303 e. The zero-order valence-corrected chi connectivity index (χ0v) is 8.40. The van der Waals surface area contributed by atoms with Gasteiger partial charge in [0.05, 0.1) is 11.9 Å². The summed E-state index contributed by atoms with van der Waals surface area (Å²) in [6, 6.07) is 2.85. The van der Waals surface area contributed by atoms with Crippen LogP contribution in [0.3, 0.4) is 0 Å². The Labute approximate surface area is 87.1 Å². The Kier molecular flexibility index (Phi) is 4.03. The first-order valence-electron chi connectivity index (χ1n) is 4.68. The Hall–Kier alpha value is -1.65. The molecule has 2 N–H and O–H groups in total. The van der Waals surface area contributed by atoms with Gasteiger partial charge in [-0.15, -0.1) is 0 Å². The molecular formula is C10H13FN2O2. The molecule has 1 unspecified atom stereocenters. The normalized spacial score (nSPS) is 12.1. The summed E-state index contributed by atoms with van der Waals surface area (Å²) in [6.07, 6.45) is 2.02. The molecule has 0 radical (unpaired) electrons. The summed E-state index contributed by atoms with van der Waals surface area (Å²) >= 11 is 0. The van der Waals surface area contributed by atoms with Crippen molar-refractivity contribution in [1.82, 2.24) is 4.98 Å². The molecule has 5 heteroatoms. The van der Waals surface area contributed by atoms with E-state index in [9.17, 15) is 9.18 Å². The number of hydrogen-bond donors (Lipinski definition) is 2. The summed E-state index contributed by atoms with van der Waals surface area (Å²) in [7, 11) is 0. The van der Waals surface area contributed by atoms with Gasteiger partial charge in [-0.1, -0.05) is 0 Å². The number of nitrogens with one attached hydrogen (secondary N) is 1. The molecule has 0 aliphatic carbocycles. The Morgan fingerprint density at radius 2 is 2.40 bits per heavy atom. The quantitative estimate of drug-likeness (QED) is 0.731. The van der Waals surface area contributed by atoms with Crippen molar-refractivity contribution in [1.29, 1.82) is 0 Å². The van der Waals surface area contributed by atoms with E-state index in [1.54, 1.807) is 6.07 Å². The lowest BCUT2D eigenvalue weighted by molar-refractivity contribution is -0.137. The fourth-order valence-corrected chi connectivity index (χ4v) is 1.16. The molecule has 1 atom stereocenters. The second-order valence-electron chi connectivity index (χ2n) is 3.35. The average molecular weight is 212 g/mol. The molecule has 0 aliphatic rings. The van der Waals surface area contributed by atoms with Crippen molar-refractivity contribution in [2.45, 2.75) is 25.8 Å². The standard InChI is InChI=1S/C10H13FN2O2/c1-7(2-5-10(14)15)13-8-3-4-9(11)12-6-8/h3-4,6-7,13H,2,5H2,1H3,(H,14,15). The number of halogens is 1. The van der Waals surface area contributed by atoms with Gasteiger partial charge in [-0.2, -0.15) is 4.39 Å². The molecule has 0 aromatic carbocycles. The van der Waals surface area contributed by atoms with Crippen LogP contribution in [-0.4, -0.2) is 22.1 Å². The molecule has 82 valence electrons. The summed E-state index contributed by atoms with van der Waals surface area (Å²) in [5, 5.41) is 11.5. The van der Waals surface area contributed by atoms with Crippen LogP contribution in [0.1, 0.15) is 19.8 Å². The van der Waals surface area contributed by atoms with Crippen molar-refractivity contribution in [2.24, 2.45) is 0 Å². The van der Waals surface area contributed by atoms with E-state index in [-0.39, 0.29) is 12.5 Å². The van der Waals surface area contributed by atoms with Crippen molar-refractivity contribution in [2.75, 3.05) is 5.32 Å². The Morgan fingerprint density at radius 1 is 1.67 bits per heavy atom. The first-order valence-corrected chi connectivity index (χ1v) is 4.68. The van der Waals surface area contributed by atoms with Gasteiger partial charge in [-0.05, 0) is 25.5 Å². The highest BCUT2D eigenvalue weighted by atomic mass is 19.1. The van der Waals surface area contributed by atoms with Crippen molar-refractivity contribution in [3.63, 3.8) is 0 Å². The van der Waals surface area contributed by atoms with Crippen LogP contribution in [0.15, 0.2) is 18.3 Å². The molecular weight excluding hydrogens is 199 g/mol. The molecule has 1 aromatic heterocycles. The van der Waals surface area contributed by atoms with Gasteiger partial charge in [0.25, 0.3) is 0 Å². The molecule has 1 aromatic rings. The van der Waals surface area contributed by atoms with Gasteiger partial charge in [0.1, 0.15) is 0 Å². The summed E-state index contributed by atoms with van der Waals surface area (Å²) in [6.45, 7) is 1.87. The van der Waals surface area contributed by atoms with Gasteiger partial charge in [0, 0.05) is 12.5 Å². The minimum Gasteiger partial charge on any atom is -0.481 e. The van der Waals surface area contributed by atoms with Crippen LogP contribution in [0.25, 0.3) is 0 Å². The molecule has 0 bridgehead atoms. The monoisotopic (exact) mass is 212 g/mol. The van der Waals surface area contributed by atoms with E-state index in [4.69, 9.17) is 5.11 Å². The van der Waals surface area contributed by atoms with E-state index in [0.29, 0.717) is 12.1 Å². The van der Waals surface area contributed by atoms with Gasteiger partial charge >= 0.3 is 5.97 Å². The number of carboxylic acids is 1. The van der Waals surface area contributed by atoms with Gasteiger partial charge < -0.3 is 10.4 Å². The van der Waals surface area contributed by atoms with Crippen LogP contribution in [-0.2, 0) is 4.79 Å². The third kappa shape index (κ3) is 4.39. The molecule has 15 heavy (non-hydrogen) atoms. The predicted molar refractivity (Wildman–Crippen MR) is 54.1 cm³/mol. The van der Waals surface area contributed by atoms with E-state index in [1.807, 2.05) is 6.92 Å². The van der Waals surface area contributed by atoms with Crippen LogP contribution in [0.5, 0.6) is 0 Å². The van der Waals surface area contributed by atoms with E-state index < -0.39 is 11.9 Å². The Bertz CT molecular complexity index is 327. The summed E-state index contributed by atoms with van der Waals surface area (Å²) in [5.74, 6) is -1.35. The maximum atomic E-state index is 12.5. The minimum absolute atomic E-state index is 0.0216. The number of carbonyl (C=O) groups is 1. The molecule has 4 nitrogen and oxygen atoms in total. The number of aromatic nitrogens is 1. The molecule has 0 fully saturated rings. The van der Waals surface area contributed by atoms with E-state index >= 15 is 0 Å². The maximum Gasteiger partial charge on any atom is 0.303 e. The van der Waals surface area contributed by atoms with E-state index in [2.05, 4.69) is 10.3 Å². The minimum atomic E-state index is -0.819. The number of pyridine rings is 1. The van der Waals surface area contributed by atoms with Gasteiger partial charge in [-0.25, -0.2) is 4.98 Å².